The highest BCUT2D eigenvalue weighted by Gasteiger charge is 2.32. The third-order valence-electron chi connectivity index (χ3n) is 6.93. The van der Waals surface area contributed by atoms with Gasteiger partial charge in [-0.1, -0.05) is 24.3 Å². The first-order chi connectivity index (χ1) is 20.1. The lowest BCUT2D eigenvalue weighted by atomic mass is 9.95. The normalized spacial score (nSPS) is 15.7. The maximum absolute atomic E-state index is 12.4. The summed E-state index contributed by atoms with van der Waals surface area (Å²) in [4.78, 5) is 24.6. The fourth-order valence-corrected chi connectivity index (χ4v) is 4.92. The second kappa shape index (κ2) is 13.3. The summed E-state index contributed by atoms with van der Waals surface area (Å²) in [5, 5.41) is 20.1. The number of nitrogens with one attached hydrogen (secondary N) is 3. The number of hydrogen-bond acceptors (Lipinski definition) is 8. The molecule has 42 heavy (non-hydrogen) atoms. The molecule has 1 aliphatic heterocycles. The van der Waals surface area contributed by atoms with Crippen molar-refractivity contribution in [2.24, 2.45) is 5.10 Å². The highest BCUT2D eigenvalue weighted by atomic mass is 16.5. The first kappa shape index (κ1) is 30.2. The molecule has 1 aliphatic rings. The Morgan fingerprint density at radius 1 is 1.12 bits per heavy atom. The summed E-state index contributed by atoms with van der Waals surface area (Å²) in [6.45, 7) is 9.85. The smallest absolute Gasteiger partial charge is 0.337 e. The molecule has 2 heterocycles. The van der Waals surface area contributed by atoms with Crippen molar-refractivity contribution in [1.82, 2.24) is 20.6 Å². The molecule has 0 radical (unpaired) electrons. The van der Waals surface area contributed by atoms with E-state index >= 15 is 0 Å². The summed E-state index contributed by atoms with van der Waals surface area (Å²) >= 11 is 0. The molecule has 0 aliphatic carbocycles. The number of benzene rings is 2. The number of carbonyl (C=O) groups is 2. The molecule has 0 saturated carbocycles. The lowest BCUT2D eigenvalue weighted by Gasteiger charge is -2.28. The minimum Gasteiger partial charge on any atom is -0.490 e. The number of aliphatic hydroxyl groups excluding tert-OH is 1. The molecular formula is C31H37N5O6. The number of methoxy groups -OCH3 is 1. The van der Waals surface area contributed by atoms with Crippen LogP contribution in [0.5, 0.6) is 11.5 Å². The number of rotatable bonds is 11. The van der Waals surface area contributed by atoms with Crippen molar-refractivity contribution < 1.29 is 28.9 Å². The molecule has 2 amide bonds. The zero-order valence-corrected chi connectivity index (χ0v) is 24.6. The minimum atomic E-state index is -1.10. The lowest BCUT2D eigenvalue weighted by molar-refractivity contribution is -0.136. The first-order valence-electron chi connectivity index (χ1n) is 13.6. The van der Waals surface area contributed by atoms with Crippen LogP contribution in [0.2, 0.25) is 0 Å². The van der Waals surface area contributed by atoms with Gasteiger partial charge in [0.1, 0.15) is 6.61 Å². The molecule has 4 rings (SSSR count). The van der Waals surface area contributed by atoms with E-state index in [4.69, 9.17) is 14.2 Å². The van der Waals surface area contributed by atoms with Crippen molar-refractivity contribution in [3.63, 3.8) is 0 Å². The van der Waals surface area contributed by atoms with Crippen LogP contribution in [-0.2, 0) is 9.53 Å². The van der Waals surface area contributed by atoms with E-state index < -0.39 is 24.3 Å². The Morgan fingerprint density at radius 3 is 2.60 bits per heavy atom. The van der Waals surface area contributed by atoms with E-state index in [9.17, 15) is 14.7 Å². The molecule has 222 valence electrons. The van der Waals surface area contributed by atoms with E-state index in [1.165, 1.54) is 12.7 Å². The number of carbonyl (C=O) groups excluding carboxylic acids is 2. The molecule has 0 bridgehead atoms. The Bertz CT molecular complexity index is 1530. The SMILES string of the molecule is CCOc1cc([C@@H]2NC(=O)NC(C)=C2C(=O)OC)ccc1OC[C@@H](O)N/N=C\c1cc(C)n(-c2ccccc2C)c1C. The number of aliphatic hydroxyl groups is 1. The van der Waals surface area contributed by atoms with Crippen molar-refractivity contribution in [3.8, 4) is 17.2 Å². The largest absolute Gasteiger partial charge is 0.490 e. The summed E-state index contributed by atoms with van der Waals surface area (Å²) < 4.78 is 18.7. The van der Waals surface area contributed by atoms with E-state index in [1.807, 2.05) is 39.0 Å². The number of para-hydroxylation sites is 1. The van der Waals surface area contributed by atoms with Gasteiger partial charge in [0.15, 0.2) is 17.7 Å². The van der Waals surface area contributed by atoms with Gasteiger partial charge in [-0.15, -0.1) is 0 Å². The summed E-state index contributed by atoms with van der Waals surface area (Å²) in [5.41, 5.74) is 9.30. The van der Waals surface area contributed by atoms with E-state index in [0.717, 1.165) is 22.6 Å². The van der Waals surface area contributed by atoms with E-state index in [2.05, 4.69) is 44.8 Å². The quantitative estimate of drug-likeness (QED) is 0.118. The van der Waals surface area contributed by atoms with Crippen LogP contribution in [0.3, 0.4) is 0 Å². The van der Waals surface area contributed by atoms with Crippen LogP contribution in [0.25, 0.3) is 5.69 Å². The van der Waals surface area contributed by atoms with Crippen molar-refractivity contribution in [2.45, 2.75) is 46.9 Å². The zero-order chi connectivity index (χ0) is 30.4. The number of ether oxygens (including phenoxy) is 3. The fourth-order valence-electron chi connectivity index (χ4n) is 4.92. The van der Waals surface area contributed by atoms with Crippen LogP contribution in [0, 0.1) is 20.8 Å². The maximum Gasteiger partial charge on any atom is 0.337 e. The Labute approximate surface area is 245 Å². The second-order valence-corrected chi connectivity index (χ2v) is 9.86. The zero-order valence-electron chi connectivity index (χ0n) is 24.6. The molecule has 0 saturated heterocycles. The molecule has 0 fully saturated rings. The Morgan fingerprint density at radius 2 is 1.88 bits per heavy atom. The van der Waals surface area contributed by atoms with Crippen LogP contribution in [-0.4, -0.2) is 54.4 Å². The van der Waals surface area contributed by atoms with Gasteiger partial charge >= 0.3 is 12.0 Å². The monoisotopic (exact) mass is 575 g/mol. The summed E-state index contributed by atoms with van der Waals surface area (Å²) in [5.74, 6) is 0.215. The molecule has 3 aromatic rings. The van der Waals surface area contributed by atoms with Gasteiger partial charge < -0.3 is 34.5 Å². The molecule has 0 spiro atoms. The van der Waals surface area contributed by atoms with Crippen LogP contribution >= 0.6 is 0 Å². The van der Waals surface area contributed by atoms with Gasteiger partial charge in [-0.05, 0) is 70.0 Å². The maximum atomic E-state index is 12.4. The van der Waals surface area contributed by atoms with Gasteiger partial charge in [-0.3, -0.25) is 5.43 Å². The third kappa shape index (κ3) is 6.58. The molecule has 0 unspecified atom stereocenters. The highest BCUT2D eigenvalue weighted by Crippen LogP contribution is 2.35. The van der Waals surface area contributed by atoms with Crippen molar-refractivity contribution in [2.75, 3.05) is 20.3 Å². The van der Waals surface area contributed by atoms with Crippen LogP contribution in [0.1, 0.15) is 48.0 Å². The van der Waals surface area contributed by atoms with Gasteiger partial charge in [-0.2, -0.15) is 5.10 Å². The van der Waals surface area contributed by atoms with E-state index in [1.54, 1.807) is 31.3 Å². The Kier molecular flexibility index (Phi) is 9.53. The average molecular weight is 576 g/mol. The number of esters is 1. The Balaban J connectivity index is 1.44. The van der Waals surface area contributed by atoms with Gasteiger partial charge in [0.2, 0.25) is 0 Å². The number of nitrogens with zero attached hydrogens (tertiary/aromatic N) is 2. The van der Waals surface area contributed by atoms with E-state index in [0.29, 0.717) is 29.4 Å². The summed E-state index contributed by atoms with van der Waals surface area (Å²) in [7, 11) is 1.28. The van der Waals surface area contributed by atoms with Gasteiger partial charge in [-0.25, -0.2) is 9.59 Å². The van der Waals surface area contributed by atoms with Gasteiger partial charge in [0.05, 0.1) is 31.5 Å². The fraction of sp³-hybridized carbons (Fsp3) is 0.323. The van der Waals surface area contributed by atoms with Crippen molar-refractivity contribution in [1.29, 1.82) is 0 Å². The predicted octanol–water partition coefficient (Wildman–Crippen LogP) is 3.92. The molecule has 1 aromatic heterocycles. The number of aryl methyl sites for hydroxylation is 2. The number of urea groups is 1. The number of aromatic nitrogens is 1. The van der Waals surface area contributed by atoms with Crippen molar-refractivity contribution >= 4 is 18.2 Å². The molecular weight excluding hydrogens is 538 g/mol. The average Bonchev–Trinajstić information content (AvgIpc) is 3.24. The standard InChI is InChI=1S/C31H37N5O6/c1-7-41-26-15-22(29-28(30(38)40-6)20(4)33-31(39)34-29)12-13-25(26)42-17-27(37)35-32-16-23-14-19(3)36(21(23)5)24-11-9-8-10-18(24)2/h8-16,27,29,35,37H,7,17H2,1-6H3,(H2,33,34,39)/b32-16-/t27-,29+/m1/s1. The molecule has 11 heteroatoms. The highest BCUT2D eigenvalue weighted by molar-refractivity contribution is 5.95. The summed E-state index contributed by atoms with van der Waals surface area (Å²) in [6, 6.07) is 14.1. The van der Waals surface area contributed by atoms with Crippen molar-refractivity contribution in [3.05, 3.63) is 87.9 Å². The number of allylic oxidation sites excluding steroid dienone is 1. The van der Waals surface area contributed by atoms with E-state index in [-0.39, 0.29) is 12.2 Å². The topological polar surface area (TPSA) is 135 Å². The number of hydrogen-bond donors (Lipinski definition) is 4. The summed E-state index contributed by atoms with van der Waals surface area (Å²) in [6.07, 6.45) is 0.568. The van der Waals surface area contributed by atoms with Crippen LogP contribution < -0.4 is 25.5 Å². The second-order valence-electron chi connectivity index (χ2n) is 9.86. The van der Waals surface area contributed by atoms with Crippen LogP contribution in [0.4, 0.5) is 4.79 Å². The lowest BCUT2D eigenvalue weighted by Crippen LogP contribution is -2.45. The first-order valence-corrected chi connectivity index (χ1v) is 13.6. The third-order valence-corrected chi connectivity index (χ3v) is 6.93. The molecule has 2 aromatic carbocycles. The number of hydrazone groups is 1. The van der Waals surface area contributed by atoms with Gasteiger partial charge in [0.25, 0.3) is 0 Å². The predicted molar refractivity (Wildman–Crippen MR) is 159 cm³/mol. The van der Waals surface area contributed by atoms with Gasteiger partial charge in [0, 0.05) is 28.3 Å². The van der Waals surface area contributed by atoms with Crippen LogP contribution in [0.15, 0.2) is 64.9 Å². The molecule has 4 N–H and O–H groups in total. The minimum absolute atomic E-state index is 0.116. The molecule has 2 atom stereocenters. The Hall–Kier alpha value is -4.77. The molecule has 11 nitrogen and oxygen atoms in total. The number of amides is 2.